The van der Waals surface area contributed by atoms with Crippen molar-refractivity contribution in [3.8, 4) is 0 Å². The Morgan fingerprint density at radius 2 is 1.85 bits per heavy atom. The second kappa shape index (κ2) is 8.73. The van der Waals surface area contributed by atoms with Crippen LogP contribution in [-0.4, -0.2) is 27.3 Å². The van der Waals surface area contributed by atoms with Gasteiger partial charge in [0.2, 0.25) is 0 Å². The third-order valence-electron chi connectivity index (χ3n) is 3.47. The summed E-state index contributed by atoms with van der Waals surface area (Å²) < 4.78 is 2.05. The molecule has 20 heavy (non-hydrogen) atoms. The van der Waals surface area contributed by atoms with Gasteiger partial charge in [-0.15, -0.1) is 0 Å². The number of rotatable bonds is 9. The van der Waals surface area contributed by atoms with Gasteiger partial charge in [0.05, 0.1) is 5.69 Å². The largest absolute Gasteiger partial charge is 0.309 e. The third kappa shape index (κ3) is 5.13. The van der Waals surface area contributed by atoms with Gasteiger partial charge in [0, 0.05) is 36.6 Å². The number of hydrogen-bond acceptors (Lipinski definition) is 3. The summed E-state index contributed by atoms with van der Waals surface area (Å²) in [5.41, 5.74) is 4.04. The average molecular weight is 298 g/mol. The maximum absolute atomic E-state index is 4.63. The highest BCUT2D eigenvalue weighted by atomic mass is 32.2. The lowest BCUT2D eigenvalue weighted by Gasteiger charge is -2.15. The van der Waals surface area contributed by atoms with E-state index in [0.29, 0.717) is 6.04 Å². The highest BCUT2D eigenvalue weighted by Gasteiger charge is 2.14. The normalized spacial score (nSPS) is 13.2. The van der Waals surface area contributed by atoms with E-state index in [2.05, 4.69) is 52.1 Å². The number of hydrogen-bond donors (Lipinski definition) is 1. The van der Waals surface area contributed by atoms with Crippen LogP contribution in [0.15, 0.2) is 0 Å². The van der Waals surface area contributed by atoms with E-state index in [1.165, 1.54) is 28.5 Å². The van der Waals surface area contributed by atoms with Crippen LogP contribution in [0.1, 0.15) is 51.6 Å². The molecule has 1 N–H and O–H groups in total. The summed E-state index contributed by atoms with van der Waals surface area (Å²) >= 11 is 2.05. The van der Waals surface area contributed by atoms with Crippen molar-refractivity contribution in [2.24, 2.45) is 13.0 Å². The van der Waals surface area contributed by atoms with Crippen molar-refractivity contribution in [2.75, 3.05) is 11.5 Å². The van der Waals surface area contributed by atoms with Gasteiger partial charge in [-0.3, -0.25) is 4.68 Å². The fourth-order valence-electron chi connectivity index (χ4n) is 2.41. The van der Waals surface area contributed by atoms with Crippen molar-refractivity contribution in [3.05, 3.63) is 17.0 Å². The van der Waals surface area contributed by atoms with Gasteiger partial charge < -0.3 is 5.32 Å². The molecule has 0 spiro atoms. The Kier molecular flexibility index (Phi) is 7.67. The summed E-state index contributed by atoms with van der Waals surface area (Å²) in [7, 11) is 2.06. The van der Waals surface area contributed by atoms with E-state index in [0.717, 1.165) is 25.3 Å². The summed E-state index contributed by atoms with van der Waals surface area (Å²) in [6, 6.07) is 0.549. The number of nitrogens with one attached hydrogen (secondary N) is 1. The summed E-state index contributed by atoms with van der Waals surface area (Å²) in [6.07, 6.45) is 2.07. The summed E-state index contributed by atoms with van der Waals surface area (Å²) in [4.78, 5) is 0. The minimum absolute atomic E-state index is 0.549. The smallest absolute Gasteiger partial charge is 0.0669 e. The van der Waals surface area contributed by atoms with Gasteiger partial charge in [0.25, 0.3) is 0 Å². The molecule has 0 aliphatic carbocycles. The first-order valence-corrected chi connectivity index (χ1v) is 8.99. The van der Waals surface area contributed by atoms with E-state index in [1.54, 1.807) is 0 Å². The lowest BCUT2D eigenvalue weighted by Crippen LogP contribution is -2.28. The molecule has 0 amide bonds. The van der Waals surface area contributed by atoms with Crippen molar-refractivity contribution < 1.29 is 0 Å². The second-order valence-electron chi connectivity index (χ2n) is 5.92. The molecule has 0 saturated heterocycles. The van der Waals surface area contributed by atoms with E-state index < -0.39 is 0 Å². The van der Waals surface area contributed by atoms with Crippen molar-refractivity contribution in [1.29, 1.82) is 0 Å². The quantitative estimate of drug-likeness (QED) is 0.757. The van der Waals surface area contributed by atoms with E-state index in [9.17, 15) is 0 Å². The molecule has 0 saturated carbocycles. The van der Waals surface area contributed by atoms with E-state index >= 15 is 0 Å². The van der Waals surface area contributed by atoms with Crippen LogP contribution in [0.5, 0.6) is 0 Å². The molecule has 1 aromatic rings. The Morgan fingerprint density at radius 1 is 1.15 bits per heavy atom. The maximum atomic E-state index is 4.63. The summed E-state index contributed by atoms with van der Waals surface area (Å²) in [6.45, 7) is 12.2. The van der Waals surface area contributed by atoms with E-state index in [1.807, 2.05) is 16.4 Å². The Bertz CT molecular complexity index is 399. The predicted octanol–water partition coefficient (Wildman–Crippen LogP) is 3.41. The molecule has 0 bridgehead atoms. The highest BCUT2D eigenvalue weighted by Crippen LogP contribution is 2.16. The van der Waals surface area contributed by atoms with Crippen molar-refractivity contribution in [1.82, 2.24) is 15.1 Å². The molecule has 4 heteroatoms. The van der Waals surface area contributed by atoms with Crippen LogP contribution in [0.25, 0.3) is 0 Å². The molecule has 0 unspecified atom stereocenters. The van der Waals surface area contributed by atoms with Gasteiger partial charge in [-0.2, -0.15) is 16.9 Å². The van der Waals surface area contributed by atoms with Gasteiger partial charge in [0.15, 0.2) is 0 Å². The molecular formula is C16H31N3S. The van der Waals surface area contributed by atoms with Crippen molar-refractivity contribution in [2.45, 2.75) is 60.0 Å². The molecule has 0 aromatic carbocycles. The topological polar surface area (TPSA) is 29.9 Å². The zero-order chi connectivity index (χ0) is 15.1. The van der Waals surface area contributed by atoms with Gasteiger partial charge >= 0.3 is 0 Å². The molecule has 3 nitrogen and oxygen atoms in total. The Balaban J connectivity index is 2.52. The minimum atomic E-state index is 0.549. The van der Waals surface area contributed by atoms with Crippen LogP contribution >= 0.6 is 11.8 Å². The molecule has 0 aliphatic heterocycles. The summed E-state index contributed by atoms with van der Waals surface area (Å²) in [5.74, 6) is 3.21. The van der Waals surface area contributed by atoms with Gasteiger partial charge in [-0.1, -0.05) is 27.7 Å². The highest BCUT2D eigenvalue weighted by molar-refractivity contribution is 7.99. The number of thioether (sulfide) groups is 1. The molecular weight excluding hydrogens is 266 g/mol. The van der Waals surface area contributed by atoms with Crippen LogP contribution in [0, 0.1) is 5.92 Å². The zero-order valence-corrected chi connectivity index (χ0v) is 14.8. The molecule has 0 radical (unpaired) electrons. The standard InChI is InChI=1S/C16H31N3S/c1-7-15-14(16(8-2)19(6)18-15)9-17-13(5)11-20-10-12(3)4/h12-13,17H,7-11H2,1-6H3/t13-/m1/s1. The number of aromatic nitrogens is 2. The van der Waals surface area contributed by atoms with Crippen molar-refractivity contribution >= 4 is 11.8 Å². The molecule has 1 heterocycles. The minimum Gasteiger partial charge on any atom is -0.309 e. The van der Waals surface area contributed by atoms with Crippen LogP contribution in [0.2, 0.25) is 0 Å². The number of nitrogens with zero attached hydrogens (tertiary/aromatic N) is 2. The summed E-state index contributed by atoms with van der Waals surface area (Å²) in [5, 5.41) is 8.30. The van der Waals surface area contributed by atoms with Crippen LogP contribution in [-0.2, 0) is 26.4 Å². The molecule has 0 fully saturated rings. The van der Waals surface area contributed by atoms with Crippen LogP contribution in [0.4, 0.5) is 0 Å². The second-order valence-corrected chi connectivity index (χ2v) is 6.99. The van der Waals surface area contributed by atoms with Gasteiger partial charge in [-0.25, -0.2) is 0 Å². The first-order valence-electron chi connectivity index (χ1n) is 7.84. The third-order valence-corrected chi connectivity index (χ3v) is 5.11. The number of aryl methyl sites for hydroxylation is 2. The zero-order valence-electron chi connectivity index (χ0n) is 14.0. The van der Waals surface area contributed by atoms with Gasteiger partial charge in [0.1, 0.15) is 0 Å². The Labute approximate surface area is 128 Å². The molecule has 1 atom stereocenters. The van der Waals surface area contributed by atoms with Crippen LogP contribution in [0.3, 0.4) is 0 Å². The lowest BCUT2D eigenvalue weighted by molar-refractivity contribution is 0.589. The molecule has 116 valence electrons. The van der Waals surface area contributed by atoms with Crippen LogP contribution < -0.4 is 5.32 Å². The first-order chi connectivity index (χ1) is 9.49. The SMILES string of the molecule is CCc1nn(C)c(CC)c1CN[C@H](C)CSCC(C)C. The fraction of sp³-hybridized carbons (Fsp3) is 0.812. The maximum Gasteiger partial charge on any atom is 0.0669 e. The Morgan fingerprint density at radius 3 is 2.40 bits per heavy atom. The first kappa shape index (κ1) is 17.6. The lowest BCUT2D eigenvalue weighted by atomic mass is 10.1. The average Bonchev–Trinajstić information content (AvgIpc) is 2.71. The Hall–Kier alpha value is -0.480. The molecule has 1 aromatic heterocycles. The van der Waals surface area contributed by atoms with E-state index in [4.69, 9.17) is 0 Å². The van der Waals surface area contributed by atoms with Gasteiger partial charge in [-0.05, 0) is 31.4 Å². The van der Waals surface area contributed by atoms with E-state index in [-0.39, 0.29) is 0 Å². The monoisotopic (exact) mass is 297 g/mol. The predicted molar refractivity (Wildman–Crippen MR) is 90.4 cm³/mol. The van der Waals surface area contributed by atoms with Crippen molar-refractivity contribution in [3.63, 3.8) is 0 Å². The molecule has 0 aliphatic rings. The fourth-order valence-corrected chi connectivity index (χ4v) is 3.49. The molecule has 1 rings (SSSR count).